The Bertz CT molecular complexity index is 925. The molecule has 5 nitrogen and oxygen atoms in total. The molecule has 0 saturated carbocycles. The molecule has 7 heteroatoms. The van der Waals surface area contributed by atoms with Gasteiger partial charge in [-0.25, -0.2) is 4.98 Å². The summed E-state index contributed by atoms with van der Waals surface area (Å²) in [6.45, 7) is 7.26. The van der Waals surface area contributed by atoms with E-state index < -0.39 is 0 Å². The number of aryl methyl sites for hydroxylation is 1. The van der Waals surface area contributed by atoms with Crippen LogP contribution in [0.25, 0.3) is 16.3 Å². The largest absolute Gasteiger partial charge is 0.346 e. The van der Waals surface area contributed by atoms with Gasteiger partial charge in [-0.1, -0.05) is 37.6 Å². The van der Waals surface area contributed by atoms with E-state index in [4.69, 9.17) is 11.6 Å². The highest BCUT2D eigenvalue weighted by Crippen LogP contribution is 2.23. The van der Waals surface area contributed by atoms with Crippen LogP contribution < -0.4 is 5.32 Å². The lowest BCUT2D eigenvalue weighted by atomic mass is 10.2. The molecule has 0 fully saturated rings. The Morgan fingerprint density at radius 1 is 1.38 bits per heavy atom. The van der Waals surface area contributed by atoms with Crippen molar-refractivity contribution in [1.82, 2.24) is 20.1 Å². The molecule has 1 aromatic carbocycles. The van der Waals surface area contributed by atoms with Crippen LogP contribution in [-0.2, 0) is 17.9 Å². The number of rotatable bonds is 6. The number of thiazole rings is 1. The van der Waals surface area contributed by atoms with Gasteiger partial charge in [-0.15, -0.1) is 11.3 Å². The van der Waals surface area contributed by atoms with E-state index >= 15 is 0 Å². The molecule has 3 aromatic rings. The smallest absolute Gasteiger partial charge is 0.244 e. The first-order valence-corrected chi connectivity index (χ1v) is 9.66. The maximum Gasteiger partial charge on any atom is 0.244 e. The summed E-state index contributed by atoms with van der Waals surface area (Å²) in [6, 6.07) is 7.93. The van der Waals surface area contributed by atoms with Crippen molar-refractivity contribution < 1.29 is 4.79 Å². The van der Waals surface area contributed by atoms with Gasteiger partial charge in [0.05, 0.1) is 22.5 Å². The molecule has 136 valence electrons. The third kappa shape index (κ3) is 4.31. The van der Waals surface area contributed by atoms with Crippen molar-refractivity contribution in [1.29, 1.82) is 0 Å². The second-order valence-electron chi connectivity index (χ2n) is 6.49. The number of carbonyl (C=O) groups excluding carboxylic acids is 1. The Labute approximate surface area is 161 Å². The van der Waals surface area contributed by atoms with E-state index in [1.54, 1.807) is 22.1 Å². The van der Waals surface area contributed by atoms with Gasteiger partial charge < -0.3 is 5.32 Å². The van der Waals surface area contributed by atoms with Crippen LogP contribution in [-0.4, -0.2) is 20.7 Å². The van der Waals surface area contributed by atoms with Crippen molar-refractivity contribution in [3.05, 3.63) is 51.8 Å². The topological polar surface area (TPSA) is 59.8 Å². The van der Waals surface area contributed by atoms with Crippen LogP contribution >= 0.6 is 22.9 Å². The van der Waals surface area contributed by atoms with E-state index in [9.17, 15) is 4.79 Å². The summed E-state index contributed by atoms with van der Waals surface area (Å²) in [5.41, 5.74) is 2.55. The molecule has 3 rings (SSSR count). The number of nitrogens with one attached hydrogen (secondary N) is 1. The van der Waals surface area contributed by atoms with Crippen molar-refractivity contribution in [2.75, 3.05) is 0 Å². The number of hydrogen-bond acceptors (Lipinski definition) is 4. The molecule has 2 heterocycles. The molecule has 0 aliphatic carbocycles. The first-order valence-electron chi connectivity index (χ1n) is 8.47. The van der Waals surface area contributed by atoms with Gasteiger partial charge in [-0.2, -0.15) is 5.10 Å². The van der Waals surface area contributed by atoms with Crippen LogP contribution in [0.4, 0.5) is 0 Å². The predicted octanol–water partition coefficient (Wildman–Crippen LogP) is 4.44. The van der Waals surface area contributed by atoms with Gasteiger partial charge >= 0.3 is 0 Å². The van der Waals surface area contributed by atoms with Crippen molar-refractivity contribution in [3.8, 4) is 0 Å². The summed E-state index contributed by atoms with van der Waals surface area (Å²) in [5.74, 6) is 0.261. The zero-order valence-electron chi connectivity index (χ0n) is 15.0. The summed E-state index contributed by atoms with van der Waals surface area (Å²) >= 11 is 7.97. The van der Waals surface area contributed by atoms with E-state index in [1.165, 1.54) is 6.08 Å². The van der Waals surface area contributed by atoms with Gasteiger partial charge in [0.1, 0.15) is 10.2 Å². The third-order valence-electron chi connectivity index (χ3n) is 3.80. The maximum atomic E-state index is 12.1. The van der Waals surface area contributed by atoms with Gasteiger partial charge in [-0.3, -0.25) is 9.48 Å². The standard InChI is InChI=1S/C19H21ClN4OS/c1-12(2)11-24-19(20)14(13(3)23-24)8-9-17(25)21-10-18-22-15-6-4-5-7-16(15)26-18/h4-9,12H,10-11H2,1-3H3,(H,21,25)/b9-8+. The predicted molar refractivity (Wildman–Crippen MR) is 107 cm³/mol. The van der Waals surface area contributed by atoms with Gasteiger partial charge in [0, 0.05) is 18.2 Å². The fourth-order valence-corrected chi connectivity index (χ4v) is 3.81. The highest BCUT2D eigenvalue weighted by Gasteiger charge is 2.12. The molecule has 1 N–H and O–H groups in total. The number of carbonyl (C=O) groups is 1. The second kappa shape index (κ2) is 8.01. The average Bonchev–Trinajstić information content (AvgIpc) is 3.12. The molecule has 0 unspecified atom stereocenters. The van der Waals surface area contributed by atoms with E-state index in [2.05, 4.69) is 29.2 Å². The Kier molecular flexibility index (Phi) is 5.74. The van der Waals surface area contributed by atoms with Crippen molar-refractivity contribution in [2.45, 2.75) is 33.9 Å². The normalized spacial score (nSPS) is 11.7. The molecular formula is C19H21ClN4OS. The van der Waals surface area contributed by atoms with Gasteiger partial charge in [-0.05, 0) is 31.1 Å². The highest BCUT2D eigenvalue weighted by atomic mass is 35.5. The molecule has 0 spiro atoms. The lowest BCUT2D eigenvalue weighted by Gasteiger charge is -2.05. The van der Waals surface area contributed by atoms with Crippen LogP contribution in [0.5, 0.6) is 0 Å². The number of benzene rings is 1. The minimum absolute atomic E-state index is 0.184. The molecule has 1 amide bonds. The maximum absolute atomic E-state index is 12.1. The van der Waals surface area contributed by atoms with Gasteiger partial charge in [0.25, 0.3) is 0 Å². The summed E-state index contributed by atoms with van der Waals surface area (Å²) in [5, 5.41) is 8.74. The lowest BCUT2D eigenvalue weighted by Crippen LogP contribution is -2.20. The average molecular weight is 389 g/mol. The van der Waals surface area contributed by atoms with E-state index in [1.807, 2.05) is 31.2 Å². The minimum Gasteiger partial charge on any atom is -0.346 e. The molecule has 0 aliphatic rings. The number of fused-ring (bicyclic) bond motifs is 1. The Balaban J connectivity index is 1.63. The Morgan fingerprint density at radius 2 is 2.15 bits per heavy atom. The Hall–Kier alpha value is -2.18. The van der Waals surface area contributed by atoms with Crippen LogP contribution in [0.2, 0.25) is 5.15 Å². The van der Waals surface area contributed by atoms with E-state index in [-0.39, 0.29) is 5.91 Å². The van der Waals surface area contributed by atoms with Gasteiger partial charge in [0.15, 0.2) is 0 Å². The zero-order valence-corrected chi connectivity index (χ0v) is 16.6. The van der Waals surface area contributed by atoms with Crippen LogP contribution in [0.15, 0.2) is 30.3 Å². The number of halogens is 1. The molecule has 0 bridgehead atoms. The van der Waals surface area contributed by atoms with E-state index in [0.717, 1.165) is 33.0 Å². The SMILES string of the molecule is Cc1nn(CC(C)C)c(Cl)c1/C=C/C(=O)NCc1nc2ccccc2s1. The van der Waals surface area contributed by atoms with Crippen LogP contribution in [0.3, 0.4) is 0 Å². The molecule has 0 atom stereocenters. The molecule has 2 aromatic heterocycles. The summed E-state index contributed by atoms with van der Waals surface area (Å²) < 4.78 is 2.90. The molecule has 0 radical (unpaired) electrons. The summed E-state index contributed by atoms with van der Waals surface area (Å²) in [7, 11) is 0. The number of aromatic nitrogens is 3. The van der Waals surface area contributed by atoms with Crippen LogP contribution in [0, 0.1) is 12.8 Å². The quantitative estimate of drug-likeness (QED) is 0.635. The molecule has 0 saturated heterocycles. The molecule has 26 heavy (non-hydrogen) atoms. The minimum atomic E-state index is -0.184. The lowest BCUT2D eigenvalue weighted by molar-refractivity contribution is -0.116. The third-order valence-corrected chi connectivity index (χ3v) is 5.24. The van der Waals surface area contributed by atoms with Crippen molar-refractivity contribution in [3.63, 3.8) is 0 Å². The fraction of sp³-hybridized carbons (Fsp3) is 0.316. The number of para-hydroxylation sites is 1. The monoisotopic (exact) mass is 388 g/mol. The second-order valence-corrected chi connectivity index (χ2v) is 7.97. The first kappa shape index (κ1) is 18.6. The van der Waals surface area contributed by atoms with Crippen molar-refractivity contribution in [2.24, 2.45) is 5.92 Å². The van der Waals surface area contributed by atoms with Gasteiger partial charge in [0.2, 0.25) is 5.91 Å². The van der Waals surface area contributed by atoms with Crippen LogP contribution in [0.1, 0.15) is 30.1 Å². The number of hydrogen-bond donors (Lipinski definition) is 1. The highest BCUT2D eigenvalue weighted by molar-refractivity contribution is 7.18. The molecular weight excluding hydrogens is 368 g/mol. The number of amides is 1. The van der Waals surface area contributed by atoms with Crippen molar-refractivity contribution >= 4 is 45.1 Å². The number of nitrogens with zero attached hydrogens (tertiary/aromatic N) is 3. The summed E-state index contributed by atoms with van der Waals surface area (Å²) in [6.07, 6.45) is 3.21. The molecule has 0 aliphatic heterocycles. The summed E-state index contributed by atoms with van der Waals surface area (Å²) in [4.78, 5) is 16.6. The fourth-order valence-electron chi connectivity index (χ4n) is 2.60. The van der Waals surface area contributed by atoms with E-state index in [0.29, 0.717) is 17.6 Å². The Morgan fingerprint density at radius 3 is 2.88 bits per heavy atom. The zero-order chi connectivity index (χ0) is 18.7. The first-order chi connectivity index (χ1) is 12.4.